The second-order valence-electron chi connectivity index (χ2n) is 7.30. The summed E-state index contributed by atoms with van der Waals surface area (Å²) in [4.78, 5) is 0. The zero-order valence-electron chi connectivity index (χ0n) is 11.2. The summed E-state index contributed by atoms with van der Waals surface area (Å²) in [6.45, 7) is 1.03. The Balaban J connectivity index is 1.80. The molecule has 0 radical (unpaired) electrons. The highest BCUT2D eigenvalue weighted by atomic mass is 19.3. The molecule has 3 bridgehead atoms. The molecule has 3 aliphatic carbocycles. The fraction of sp³-hybridized carbons (Fsp3) is 1.00. The Hall–Kier alpha value is -0.180. The van der Waals surface area contributed by atoms with Crippen LogP contribution in [0.25, 0.3) is 0 Å². The first-order valence-electron chi connectivity index (χ1n) is 7.44. The number of hydrogen-bond acceptors (Lipinski definition) is 1. The van der Waals surface area contributed by atoms with Crippen LogP contribution in [0.3, 0.4) is 0 Å². The molecule has 18 heavy (non-hydrogen) atoms. The first-order chi connectivity index (χ1) is 8.38. The summed E-state index contributed by atoms with van der Waals surface area (Å²) in [7, 11) is 0. The van der Waals surface area contributed by atoms with Crippen LogP contribution in [-0.4, -0.2) is 17.1 Å². The Morgan fingerprint density at radius 2 is 1.89 bits per heavy atom. The highest BCUT2D eigenvalue weighted by Gasteiger charge is 2.54. The van der Waals surface area contributed by atoms with Crippen LogP contribution in [0.1, 0.15) is 58.3 Å². The van der Waals surface area contributed by atoms with Gasteiger partial charge in [0, 0.05) is 6.42 Å². The Morgan fingerprint density at radius 3 is 2.61 bits per heavy atom. The van der Waals surface area contributed by atoms with Crippen molar-refractivity contribution in [3.05, 3.63) is 0 Å². The van der Waals surface area contributed by atoms with E-state index in [9.17, 15) is 13.9 Å². The molecule has 3 fully saturated rings. The van der Waals surface area contributed by atoms with E-state index in [4.69, 9.17) is 0 Å². The third-order valence-electron chi connectivity index (χ3n) is 5.83. The van der Waals surface area contributed by atoms with E-state index in [0.717, 1.165) is 38.5 Å². The largest absolute Gasteiger partial charge is 0.393 e. The second-order valence-corrected chi connectivity index (χ2v) is 7.30. The molecule has 0 spiro atoms. The van der Waals surface area contributed by atoms with Crippen LogP contribution in [0.15, 0.2) is 0 Å². The van der Waals surface area contributed by atoms with E-state index in [-0.39, 0.29) is 17.9 Å². The first-order valence-corrected chi connectivity index (χ1v) is 7.44. The zero-order valence-corrected chi connectivity index (χ0v) is 11.2. The molecule has 3 heteroatoms. The summed E-state index contributed by atoms with van der Waals surface area (Å²) >= 11 is 0. The average molecular weight is 258 g/mol. The van der Waals surface area contributed by atoms with Gasteiger partial charge in [0.25, 0.3) is 0 Å². The fourth-order valence-electron chi connectivity index (χ4n) is 5.26. The van der Waals surface area contributed by atoms with E-state index in [2.05, 4.69) is 0 Å². The van der Waals surface area contributed by atoms with Gasteiger partial charge in [-0.05, 0) is 68.6 Å². The number of aliphatic hydroxyl groups is 1. The molecule has 5 atom stereocenters. The molecule has 104 valence electrons. The highest BCUT2D eigenvalue weighted by Crippen LogP contribution is 2.62. The highest BCUT2D eigenvalue weighted by molar-refractivity contribution is 5.04. The quantitative estimate of drug-likeness (QED) is 0.811. The lowest BCUT2D eigenvalue weighted by Gasteiger charge is -2.59. The molecule has 0 aliphatic heterocycles. The number of hydrogen-bond donors (Lipinski definition) is 1. The van der Waals surface area contributed by atoms with Crippen LogP contribution in [0.5, 0.6) is 0 Å². The molecule has 0 aromatic heterocycles. The van der Waals surface area contributed by atoms with Crippen LogP contribution in [0.2, 0.25) is 0 Å². The van der Waals surface area contributed by atoms with E-state index < -0.39 is 5.92 Å². The van der Waals surface area contributed by atoms with Crippen molar-refractivity contribution in [2.24, 2.45) is 23.2 Å². The lowest BCUT2D eigenvalue weighted by Crippen LogP contribution is -2.52. The monoisotopic (exact) mass is 258 g/mol. The predicted octanol–water partition coefficient (Wildman–Crippen LogP) is 4.00. The molecule has 1 nitrogen and oxygen atoms in total. The SMILES string of the molecule is CC(F)(F)CCC12CC3CCC1C(O)CC(C3)C2. The summed E-state index contributed by atoms with van der Waals surface area (Å²) in [5.41, 5.74) is 0.0446. The first kappa shape index (κ1) is 12.8. The van der Waals surface area contributed by atoms with Crippen molar-refractivity contribution in [2.75, 3.05) is 0 Å². The van der Waals surface area contributed by atoms with Crippen molar-refractivity contribution in [1.29, 1.82) is 0 Å². The van der Waals surface area contributed by atoms with Gasteiger partial charge >= 0.3 is 0 Å². The Labute approximate surface area is 108 Å². The average Bonchev–Trinajstić information content (AvgIpc) is 2.23. The molecule has 1 N–H and O–H groups in total. The van der Waals surface area contributed by atoms with Gasteiger partial charge in [-0.3, -0.25) is 0 Å². The Kier molecular flexibility index (Phi) is 2.96. The number of alkyl halides is 2. The summed E-state index contributed by atoms with van der Waals surface area (Å²) in [6, 6.07) is 0. The standard InChI is InChI=1S/C15H24F2O/c1-14(16,17)4-5-15-8-10-2-3-12(15)13(18)7-11(6-10)9-15/h10-13,18H,2-9H2,1H3. The predicted molar refractivity (Wildman–Crippen MR) is 66.5 cm³/mol. The van der Waals surface area contributed by atoms with Crippen molar-refractivity contribution in [3.63, 3.8) is 0 Å². The van der Waals surface area contributed by atoms with E-state index in [1.807, 2.05) is 0 Å². The molecule has 3 saturated carbocycles. The van der Waals surface area contributed by atoms with Crippen molar-refractivity contribution < 1.29 is 13.9 Å². The maximum Gasteiger partial charge on any atom is 0.245 e. The molecule has 0 amide bonds. The number of aliphatic hydroxyl groups excluding tert-OH is 1. The molecule has 3 rings (SSSR count). The smallest absolute Gasteiger partial charge is 0.245 e. The lowest BCUT2D eigenvalue weighted by atomic mass is 9.47. The van der Waals surface area contributed by atoms with Crippen molar-refractivity contribution in [3.8, 4) is 0 Å². The molecular formula is C15H24F2O. The third-order valence-corrected chi connectivity index (χ3v) is 5.83. The minimum atomic E-state index is -2.55. The minimum absolute atomic E-state index is 0.00431. The van der Waals surface area contributed by atoms with Gasteiger partial charge in [0.15, 0.2) is 0 Å². The van der Waals surface area contributed by atoms with Gasteiger partial charge in [-0.2, -0.15) is 0 Å². The van der Waals surface area contributed by atoms with Crippen LogP contribution < -0.4 is 0 Å². The topological polar surface area (TPSA) is 20.2 Å². The Bertz CT molecular complexity index is 319. The molecule has 0 heterocycles. The van der Waals surface area contributed by atoms with Crippen LogP contribution in [-0.2, 0) is 0 Å². The molecular weight excluding hydrogens is 234 g/mol. The van der Waals surface area contributed by atoms with Crippen molar-refractivity contribution in [2.45, 2.75) is 70.3 Å². The summed E-state index contributed by atoms with van der Waals surface area (Å²) in [5.74, 6) is -0.907. The normalized spacial score (nSPS) is 47.3. The van der Waals surface area contributed by atoms with Gasteiger partial charge in [0.1, 0.15) is 0 Å². The van der Waals surface area contributed by atoms with E-state index in [0.29, 0.717) is 18.3 Å². The van der Waals surface area contributed by atoms with Gasteiger partial charge in [0.05, 0.1) is 6.10 Å². The molecule has 0 saturated heterocycles. The second kappa shape index (κ2) is 4.16. The van der Waals surface area contributed by atoms with E-state index in [1.54, 1.807) is 0 Å². The molecule has 5 unspecified atom stereocenters. The summed E-state index contributed by atoms with van der Waals surface area (Å²) in [6.07, 6.45) is 7.01. The van der Waals surface area contributed by atoms with Crippen molar-refractivity contribution in [1.82, 2.24) is 0 Å². The number of rotatable bonds is 3. The summed E-state index contributed by atoms with van der Waals surface area (Å²) < 4.78 is 26.4. The van der Waals surface area contributed by atoms with Gasteiger partial charge in [-0.15, -0.1) is 0 Å². The van der Waals surface area contributed by atoms with Gasteiger partial charge in [-0.1, -0.05) is 6.42 Å². The molecule has 0 aromatic carbocycles. The Morgan fingerprint density at radius 1 is 1.17 bits per heavy atom. The van der Waals surface area contributed by atoms with Crippen LogP contribution in [0, 0.1) is 23.2 Å². The summed E-state index contributed by atoms with van der Waals surface area (Å²) in [5, 5.41) is 10.3. The lowest BCUT2D eigenvalue weighted by molar-refractivity contribution is -0.136. The fourth-order valence-corrected chi connectivity index (χ4v) is 5.26. The van der Waals surface area contributed by atoms with Crippen molar-refractivity contribution >= 4 is 0 Å². The minimum Gasteiger partial charge on any atom is -0.393 e. The maximum absolute atomic E-state index is 13.2. The number of halogens is 2. The van der Waals surface area contributed by atoms with E-state index in [1.165, 1.54) is 12.8 Å². The maximum atomic E-state index is 13.2. The van der Waals surface area contributed by atoms with Gasteiger partial charge < -0.3 is 5.11 Å². The number of fused-ring (bicyclic) bond motifs is 2. The van der Waals surface area contributed by atoms with Gasteiger partial charge in [-0.25, -0.2) is 8.78 Å². The van der Waals surface area contributed by atoms with Crippen LogP contribution >= 0.6 is 0 Å². The third kappa shape index (κ3) is 2.19. The zero-order chi connectivity index (χ0) is 13.0. The molecule has 0 aromatic rings. The van der Waals surface area contributed by atoms with Gasteiger partial charge in [0.2, 0.25) is 5.92 Å². The van der Waals surface area contributed by atoms with E-state index >= 15 is 0 Å². The molecule has 3 aliphatic rings. The van der Waals surface area contributed by atoms with Crippen LogP contribution in [0.4, 0.5) is 8.78 Å².